The molecule has 1 aliphatic rings. The number of rotatable bonds is 5. The van der Waals surface area contributed by atoms with Crippen LogP contribution in [0, 0.1) is 13.8 Å². The molecule has 1 atom stereocenters. The summed E-state index contributed by atoms with van der Waals surface area (Å²) in [6.07, 6.45) is -0.433. The highest BCUT2D eigenvalue weighted by atomic mass is 16.7. The number of hydrogen-bond acceptors (Lipinski definition) is 4. The summed E-state index contributed by atoms with van der Waals surface area (Å²) in [5.74, 6) is -0.337. The van der Waals surface area contributed by atoms with Crippen LogP contribution >= 0.6 is 0 Å². The standard InChI is InChI=1S/C18H27BO5/c1-8-14(16(20)21)22-15-11(2)9-13(10-12(15)3)19-23-17(4,5)18(6,7)24-19/h9-10,14H,8H2,1-7H3,(H,20,21). The van der Waals surface area contributed by atoms with Crippen LogP contribution in [0.2, 0.25) is 0 Å². The Labute approximate surface area is 144 Å². The minimum Gasteiger partial charge on any atom is -0.479 e. The van der Waals surface area contributed by atoms with Crippen molar-refractivity contribution in [3.63, 3.8) is 0 Å². The Bertz CT molecular complexity index is 599. The zero-order valence-electron chi connectivity index (χ0n) is 15.6. The van der Waals surface area contributed by atoms with Gasteiger partial charge in [0.25, 0.3) is 0 Å². The Balaban J connectivity index is 2.29. The fourth-order valence-corrected chi connectivity index (χ4v) is 2.74. The van der Waals surface area contributed by atoms with Gasteiger partial charge in [-0.25, -0.2) is 4.79 Å². The molecule has 1 aromatic rings. The maximum atomic E-state index is 11.2. The van der Waals surface area contributed by atoms with Gasteiger partial charge >= 0.3 is 13.1 Å². The summed E-state index contributed by atoms with van der Waals surface area (Å²) < 4.78 is 17.9. The molecule has 1 aromatic carbocycles. The lowest BCUT2D eigenvalue weighted by Crippen LogP contribution is -2.41. The summed E-state index contributed by atoms with van der Waals surface area (Å²) >= 11 is 0. The highest BCUT2D eigenvalue weighted by Gasteiger charge is 2.51. The van der Waals surface area contributed by atoms with Crippen LogP contribution in [-0.2, 0) is 14.1 Å². The summed E-state index contributed by atoms with van der Waals surface area (Å²) in [6.45, 7) is 13.7. The Morgan fingerprint density at radius 3 is 2.00 bits per heavy atom. The molecule has 0 radical (unpaired) electrons. The fraction of sp³-hybridized carbons (Fsp3) is 0.611. The van der Waals surface area contributed by atoms with Crippen LogP contribution in [0.15, 0.2) is 12.1 Å². The normalized spacial score (nSPS) is 20.0. The van der Waals surface area contributed by atoms with Gasteiger partial charge in [0.2, 0.25) is 0 Å². The summed E-state index contributed by atoms with van der Waals surface area (Å²) in [4.78, 5) is 11.2. The Morgan fingerprint density at radius 1 is 1.17 bits per heavy atom. The van der Waals surface area contributed by atoms with Gasteiger partial charge in [-0.3, -0.25) is 0 Å². The average molecular weight is 334 g/mol. The lowest BCUT2D eigenvalue weighted by molar-refractivity contribution is -0.145. The first-order valence-corrected chi connectivity index (χ1v) is 8.34. The number of carboxylic acids is 1. The molecule has 0 saturated carbocycles. The van der Waals surface area contributed by atoms with Gasteiger partial charge in [-0.1, -0.05) is 19.1 Å². The summed E-state index contributed by atoms with van der Waals surface area (Å²) in [5.41, 5.74) is 1.87. The van der Waals surface area contributed by atoms with Crippen LogP contribution in [0.3, 0.4) is 0 Å². The van der Waals surface area contributed by atoms with Gasteiger partial charge in [0.1, 0.15) is 5.75 Å². The molecule has 24 heavy (non-hydrogen) atoms. The minimum absolute atomic E-state index is 0.398. The van der Waals surface area contributed by atoms with Gasteiger partial charge in [0.05, 0.1) is 11.2 Å². The predicted octanol–water partition coefficient (Wildman–Crippen LogP) is 2.84. The fourth-order valence-electron chi connectivity index (χ4n) is 2.74. The summed E-state index contributed by atoms with van der Waals surface area (Å²) in [5, 5.41) is 9.19. The van der Waals surface area contributed by atoms with Crippen LogP contribution < -0.4 is 10.2 Å². The second-order valence-corrected chi connectivity index (χ2v) is 7.43. The molecule has 6 heteroatoms. The number of ether oxygens (including phenoxy) is 1. The van der Waals surface area contributed by atoms with Crippen molar-refractivity contribution < 1.29 is 23.9 Å². The van der Waals surface area contributed by atoms with Crippen molar-refractivity contribution in [1.82, 2.24) is 0 Å². The first-order chi connectivity index (χ1) is 11.0. The number of benzene rings is 1. The van der Waals surface area contributed by atoms with Gasteiger partial charge in [-0.05, 0) is 64.6 Å². The lowest BCUT2D eigenvalue weighted by Gasteiger charge is -2.32. The van der Waals surface area contributed by atoms with Crippen molar-refractivity contribution in [2.45, 2.75) is 72.2 Å². The third kappa shape index (κ3) is 3.45. The number of aryl methyl sites for hydroxylation is 2. The van der Waals surface area contributed by atoms with Crippen LogP contribution in [0.1, 0.15) is 52.2 Å². The van der Waals surface area contributed by atoms with Crippen molar-refractivity contribution in [2.75, 3.05) is 0 Å². The number of hydrogen-bond donors (Lipinski definition) is 1. The van der Waals surface area contributed by atoms with Crippen molar-refractivity contribution in [2.24, 2.45) is 0 Å². The number of carboxylic acid groups (broad SMARTS) is 1. The van der Waals surface area contributed by atoms with Crippen LogP contribution in [-0.4, -0.2) is 35.5 Å². The monoisotopic (exact) mass is 334 g/mol. The van der Waals surface area contributed by atoms with E-state index in [1.807, 2.05) is 53.7 Å². The van der Waals surface area contributed by atoms with E-state index in [0.717, 1.165) is 16.6 Å². The van der Waals surface area contributed by atoms with Gasteiger partial charge < -0.3 is 19.2 Å². The number of carbonyl (C=O) groups is 1. The Hall–Kier alpha value is -1.53. The van der Waals surface area contributed by atoms with E-state index >= 15 is 0 Å². The molecule has 0 aromatic heterocycles. The van der Waals surface area contributed by atoms with Gasteiger partial charge in [0.15, 0.2) is 6.10 Å². The van der Waals surface area contributed by atoms with Gasteiger partial charge in [0, 0.05) is 0 Å². The molecular formula is C18H27BO5. The van der Waals surface area contributed by atoms with Gasteiger partial charge in [-0.2, -0.15) is 0 Å². The van der Waals surface area contributed by atoms with Crippen molar-refractivity contribution in [3.8, 4) is 5.75 Å². The maximum absolute atomic E-state index is 11.2. The second kappa shape index (κ2) is 6.41. The molecule has 1 unspecified atom stereocenters. The molecular weight excluding hydrogens is 307 g/mol. The lowest BCUT2D eigenvalue weighted by atomic mass is 9.77. The van der Waals surface area contributed by atoms with E-state index in [0.29, 0.717) is 12.2 Å². The van der Waals surface area contributed by atoms with Crippen molar-refractivity contribution in [3.05, 3.63) is 23.3 Å². The van der Waals surface area contributed by atoms with Crippen LogP contribution in [0.5, 0.6) is 5.75 Å². The van der Waals surface area contributed by atoms with E-state index < -0.39 is 30.4 Å². The summed E-state index contributed by atoms with van der Waals surface area (Å²) in [7, 11) is -0.442. The molecule has 1 N–H and O–H groups in total. The third-order valence-corrected chi connectivity index (χ3v) is 4.91. The van der Waals surface area contributed by atoms with Crippen molar-refractivity contribution >= 4 is 18.6 Å². The Kier molecular flexibility index (Phi) is 5.02. The van der Waals surface area contributed by atoms with E-state index in [1.54, 1.807) is 6.92 Å². The Morgan fingerprint density at radius 2 is 1.62 bits per heavy atom. The zero-order chi connectivity index (χ0) is 18.3. The first kappa shape index (κ1) is 18.8. The van der Waals surface area contributed by atoms with Crippen LogP contribution in [0.25, 0.3) is 0 Å². The molecule has 1 saturated heterocycles. The molecule has 132 valence electrons. The molecule has 0 amide bonds. The largest absolute Gasteiger partial charge is 0.494 e. The van der Waals surface area contributed by atoms with Gasteiger partial charge in [-0.15, -0.1) is 0 Å². The molecule has 0 spiro atoms. The van der Waals surface area contributed by atoms with E-state index in [4.69, 9.17) is 14.0 Å². The minimum atomic E-state index is -0.952. The molecule has 1 aliphatic heterocycles. The van der Waals surface area contributed by atoms with E-state index in [2.05, 4.69) is 0 Å². The van der Waals surface area contributed by atoms with E-state index in [1.165, 1.54) is 0 Å². The quantitative estimate of drug-likeness (QED) is 0.839. The van der Waals surface area contributed by atoms with Crippen molar-refractivity contribution in [1.29, 1.82) is 0 Å². The molecule has 1 fully saturated rings. The zero-order valence-corrected chi connectivity index (χ0v) is 15.6. The predicted molar refractivity (Wildman–Crippen MR) is 94.0 cm³/mol. The second-order valence-electron chi connectivity index (χ2n) is 7.43. The highest BCUT2D eigenvalue weighted by molar-refractivity contribution is 6.62. The van der Waals surface area contributed by atoms with Crippen LogP contribution in [0.4, 0.5) is 0 Å². The maximum Gasteiger partial charge on any atom is 0.494 e. The number of aliphatic carboxylic acids is 1. The molecule has 0 aliphatic carbocycles. The SMILES string of the molecule is CCC(Oc1c(C)cc(B2OC(C)(C)C(C)(C)O2)cc1C)C(=O)O. The topological polar surface area (TPSA) is 65.0 Å². The van der Waals surface area contributed by atoms with E-state index in [-0.39, 0.29) is 0 Å². The highest BCUT2D eigenvalue weighted by Crippen LogP contribution is 2.37. The molecule has 1 heterocycles. The third-order valence-electron chi connectivity index (χ3n) is 4.91. The van der Waals surface area contributed by atoms with E-state index in [9.17, 15) is 9.90 Å². The molecule has 5 nitrogen and oxygen atoms in total. The smallest absolute Gasteiger partial charge is 0.479 e. The molecule has 0 bridgehead atoms. The average Bonchev–Trinajstić information content (AvgIpc) is 2.66. The molecule has 2 rings (SSSR count). The first-order valence-electron chi connectivity index (χ1n) is 8.34. The summed E-state index contributed by atoms with van der Waals surface area (Å²) in [6, 6.07) is 3.89.